The van der Waals surface area contributed by atoms with Gasteiger partial charge in [-0.2, -0.15) is 4.98 Å². The van der Waals surface area contributed by atoms with Crippen LogP contribution in [0.15, 0.2) is 30.5 Å². The molecule has 0 spiro atoms. The van der Waals surface area contributed by atoms with E-state index < -0.39 is 17.7 Å². The van der Waals surface area contributed by atoms with Crippen molar-refractivity contribution in [3.63, 3.8) is 0 Å². The number of aliphatic carboxylic acids is 1. The van der Waals surface area contributed by atoms with Crippen molar-refractivity contribution < 1.29 is 19.4 Å². The van der Waals surface area contributed by atoms with Crippen LogP contribution in [-0.4, -0.2) is 77.6 Å². The number of aryl methyl sites for hydroxylation is 2. The molecule has 0 radical (unpaired) electrons. The summed E-state index contributed by atoms with van der Waals surface area (Å²) in [6.45, 7) is 20.6. The zero-order valence-corrected chi connectivity index (χ0v) is 29.1. The number of aromatic nitrogens is 3. The smallest absolute Gasteiger partial charge is 0.337 e. The predicted molar refractivity (Wildman–Crippen MR) is 185 cm³/mol. The molecule has 10 heteroatoms. The van der Waals surface area contributed by atoms with Gasteiger partial charge >= 0.3 is 5.97 Å². The van der Waals surface area contributed by atoms with Crippen molar-refractivity contribution in [2.75, 3.05) is 60.6 Å². The molecule has 6 rings (SSSR count). The number of piperidine rings is 1. The number of morpholine rings is 1. The van der Waals surface area contributed by atoms with Crippen LogP contribution in [0.4, 0.5) is 17.5 Å². The number of hydrogen-bond acceptors (Lipinski definition) is 9. The number of nitrogens with zero attached hydrogens (tertiary/aromatic N) is 6. The summed E-state index contributed by atoms with van der Waals surface area (Å²) < 4.78 is 11.8. The monoisotopic (exact) mass is 642 g/mol. The predicted octanol–water partition coefficient (Wildman–Crippen LogP) is 6.12. The van der Waals surface area contributed by atoms with Crippen molar-refractivity contribution in [2.24, 2.45) is 5.41 Å². The van der Waals surface area contributed by atoms with E-state index in [1.54, 1.807) is 0 Å². The van der Waals surface area contributed by atoms with Gasteiger partial charge in [-0.25, -0.2) is 9.78 Å². The molecule has 1 atom stereocenters. The molecule has 10 nitrogen and oxygen atoms in total. The average Bonchev–Trinajstić information content (AvgIpc) is 3.03. The number of pyridine rings is 1. The first kappa shape index (κ1) is 33.2. The molecule has 3 aliphatic rings. The van der Waals surface area contributed by atoms with Gasteiger partial charge in [-0.3, -0.25) is 4.98 Å². The molecular weight excluding hydrogens is 592 g/mol. The highest BCUT2D eigenvalue weighted by Crippen LogP contribution is 2.45. The Labute approximate surface area is 279 Å². The second-order valence-electron chi connectivity index (χ2n) is 15.0. The molecule has 3 aromatic rings. The first-order valence-corrected chi connectivity index (χ1v) is 17.0. The molecule has 2 saturated heterocycles. The van der Waals surface area contributed by atoms with Crippen LogP contribution >= 0.6 is 0 Å². The number of rotatable bonds is 7. The molecule has 0 unspecified atom stereocenters. The number of benzene rings is 1. The highest BCUT2D eigenvalue weighted by Gasteiger charge is 2.36. The number of carbonyl (C=O) groups is 1. The van der Waals surface area contributed by atoms with Gasteiger partial charge in [0.15, 0.2) is 6.10 Å². The van der Waals surface area contributed by atoms with Gasteiger partial charge in [0.1, 0.15) is 5.82 Å². The van der Waals surface area contributed by atoms with Crippen LogP contribution in [0.2, 0.25) is 0 Å². The molecule has 2 fully saturated rings. The fraction of sp³-hybridized carbons (Fsp3) is 0.568. The standard InChI is InChI=1S/C37H50N6O4/c1-24-30(32(41-16-12-37(6,7)13-17-41)31(25(2)39-24)33(34(44)45)47-36(3,4)5)27-8-9-28-23-43(15-11-26(28)22-27)29-10-14-38-35(40-29)42-18-20-46-21-19-42/h8-10,14,22,33H,11-13,15-21,23H2,1-7H3,(H,44,45)/t33-/m0/s1. The lowest BCUT2D eigenvalue weighted by Crippen LogP contribution is -2.39. The van der Waals surface area contributed by atoms with Gasteiger partial charge < -0.3 is 29.3 Å². The van der Waals surface area contributed by atoms with E-state index in [1.807, 2.05) is 46.9 Å². The molecule has 0 saturated carbocycles. The Morgan fingerprint density at radius 2 is 1.66 bits per heavy atom. The number of fused-ring (bicyclic) bond motifs is 1. The third-order valence-corrected chi connectivity index (χ3v) is 9.72. The van der Waals surface area contributed by atoms with Gasteiger partial charge in [-0.1, -0.05) is 32.0 Å². The second-order valence-corrected chi connectivity index (χ2v) is 15.0. The van der Waals surface area contributed by atoms with Crippen LogP contribution in [0, 0.1) is 19.3 Å². The summed E-state index contributed by atoms with van der Waals surface area (Å²) in [6, 6.07) is 8.70. The van der Waals surface area contributed by atoms with E-state index in [0.717, 1.165) is 92.8 Å². The summed E-state index contributed by atoms with van der Waals surface area (Å²) in [4.78, 5) is 34.2. The first-order valence-electron chi connectivity index (χ1n) is 17.0. The average molecular weight is 643 g/mol. The maximum Gasteiger partial charge on any atom is 0.337 e. The van der Waals surface area contributed by atoms with E-state index in [-0.39, 0.29) is 5.41 Å². The summed E-state index contributed by atoms with van der Waals surface area (Å²) in [5.41, 5.74) is 7.47. The normalized spacial score (nSPS) is 19.0. The minimum absolute atomic E-state index is 0.242. The Morgan fingerprint density at radius 1 is 0.936 bits per heavy atom. The number of ether oxygens (including phenoxy) is 2. The molecule has 1 N–H and O–H groups in total. The van der Waals surface area contributed by atoms with E-state index in [0.29, 0.717) is 24.5 Å². The van der Waals surface area contributed by atoms with E-state index in [2.05, 4.69) is 51.7 Å². The summed E-state index contributed by atoms with van der Waals surface area (Å²) in [6.07, 6.45) is 3.66. The molecule has 0 aliphatic carbocycles. The Morgan fingerprint density at radius 3 is 2.34 bits per heavy atom. The van der Waals surface area contributed by atoms with Crippen molar-refractivity contribution >= 4 is 23.4 Å². The lowest BCUT2D eigenvalue weighted by Gasteiger charge is -2.41. The van der Waals surface area contributed by atoms with E-state index in [4.69, 9.17) is 19.4 Å². The summed E-state index contributed by atoms with van der Waals surface area (Å²) in [5.74, 6) is 0.701. The Kier molecular flexibility index (Phi) is 9.19. The maximum absolute atomic E-state index is 12.9. The molecule has 1 aromatic carbocycles. The Bertz CT molecular complexity index is 1620. The molecule has 5 heterocycles. The van der Waals surface area contributed by atoms with Gasteiger partial charge in [0, 0.05) is 68.0 Å². The van der Waals surface area contributed by atoms with Crippen LogP contribution in [0.25, 0.3) is 11.1 Å². The topological polar surface area (TPSA) is 104 Å². The van der Waals surface area contributed by atoms with Gasteiger partial charge in [0.05, 0.1) is 24.5 Å². The van der Waals surface area contributed by atoms with E-state index >= 15 is 0 Å². The minimum atomic E-state index is -1.13. The van der Waals surface area contributed by atoms with Gasteiger partial charge in [0.25, 0.3) is 0 Å². The van der Waals surface area contributed by atoms with Crippen LogP contribution in [0.3, 0.4) is 0 Å². The minimum Gasteiger partial charge on any atom is -0.479 e. The first-order chi connectivity index (χ1) is 22.3. The van der Waals surface area contributed by atoms with Crippen LogP contribution in [0.1, 0.15) is 81.6 Å². The van der Waals surface area contributed by atoms with Crippen LogP contribution in [0.5, 0.6) is 0 Å². The zero-order valence-electron chi connectivity index (χ0n) is 29.1. The van der Waals surface area contributed by atoms with Crippen molar-refractivity contribution in [3.8, 4) is 11.1 Å². The van der Waals surface area contributed by atoms with Crippen molar-refractivity contribution in [1.82, 2.24) is 15.0 Å². The van der Waals surface area contributed by atoms with Gasteiger partial charge in [-0.15, -0.1) is 0 Å². The SMILES string of the molecule is Cc1nc(C)c([C@H](OC(C)(C)C)C(=O)O)c(N2CCC(C)(C)CC2)c1-c1ccc2c(c1)CCN(c1ccnc(N3CCOCC3)n1)C2. The van der Waals surface area contributed by atoms with E-state index in [1.165, 1.54) is 11.1 Å². The van der Waals surface area contributed by atoms with Crippen LogP contribution in [-0.2, 0) is 27.2 Å². The zero-order chi connectivity index (χ0) is 33.5. The lowest BCUT2D eigenvalue weighted by atomic mass is 9.81. The van der Waals surface area contributed by atoms with Gasteiger partial charge in [-0.05, 0) is 82.1 Å². The second kappa shape index (κ2) is 13.0. The number of anilines is 3. The number of hydrogen-bond donors (Lipinski definition) is 1. The molecule has 3 aliphatic heterocycles. The molecule has 0 bridgehead atoms. The third-order valence-electron chi connectivity index (χ3n) is 9.72. The van der Waals surface area contributed by atoms with Gasteiger partial charge in [0.2, 0.25) is 5.95 Å². The number of carboxylic acid groups (broad SMARTS) is 1. The maximum atomic E-state index is 12.9. The highest BCUT2D eigenvalue weighted by atomic mass is 16.5. The Balaban J connectivity index is 1.37. The van der Waals surface area contributed by atoms with Crippen molar-refractivity contribution in [2.45, 2.75) is 86.0 Å². The quantitative estimate of drug-likeness (QED) is 0.324. The van der Waals surface area contributed by atoms with Crippen molar-refractivity contribution in [3.05, 3.63) is 58.5 Å². The lowest BCUT2D eigenvalue weighted by molar-refractivity contribution is -0.160. The molecule has 252 valence electrons. The van der Waals surface area contributed by atoms with E-state index in [9.17, 15) is 9.90 Å². The fourth-order valence-electron chi connectivity index (χ4n) is 7.09. The third kappa shape index (κ3) is 7.23. The largest absolute Gasteiger partial charge is 0.479 e. The summed E-state index contributed by atoms with van der Waals surface area (Å²) >= 11 is 0. The summed E-state index contributed by atoms with van der Waals surface area (Å²) in [5, 5.41) is 10.5. The Hall–Kier alpha value is -3.76. The molecule has 0 amide bonds. The summed E-state index contributed by atoms with van der Waals surface area (Å²) in [7, 11) is 0. The van der Waals surface area contributed by atoms with Crippen molar-refractivity contribution in [1.29, 1.82) is 0 Å². The van der Waals surface area contributed by atoms with Crippen LogP contribution < -0.4 is 14.7 Å². The fourth-order valence-corrected chi connectivity index (χ4v) is 7.09. The number of carboxylic acids is 1. The molecule has 47 heavy (non-hydrogen) atoms. The molecular formula is C37H50N6O4. The highest BCUT2D eigenvalue weighted by molar-refractivity contribution is 5.88. The molecule has 2 aromatic heterocycles.